The third-order valence-corrected chi connectivity index (χ3v) is 4.46. The van der Waals surface area contributed by atoms with E-state index >= 15 is 0 Å². The minimum absolute atomic E-state index is 0.0551. The molecule has 2 amide bonds. The van der Waals surface area contributed by atoms with Gasteiger partial charge in [0.05, 0.1) is 23.4 Å². The Morgan fingerprint density at radius 1 is 1.20 bits per heavy atom. The number of nitrogens with one attached hydrogen (secondary N) is 1. The number of carbonyl (C=O) groups excluding carboxylic acids is 3. The summed E-state index contributed by atoms with van der Waals surface area (Å²) in [5, 5.41) is 2.35. The minimum Gasteiger partial charge on any atom is -0.484 e. The number of hydrogen-bond donors (Lipinski definition) is 1. The van der Waals surface area contributed by atoms with E-state index in [2.05, 4.69) is 5.32 Å². The Kier molecular flexibility index (Phi) is 5.77. The van der Waals surface area contributed by atoms with Crippen molar-refractivity contribution in [3.8, 4) is 5.75 Å². The Morgan fingerprint density at radius 3 is 2.53 bits per heavy atom. The number of rotatable bonds is 4. The lowest BCUT2D eigenvalue weighted by Gasteiger charge is -2.31. The van der Waals surface area contributed by atoms with Gasteiger partial charge >= 0.3 is 6.18 Å². The van der Waals surface area contributed by atoms with Crippen molar-refractivity contribution in [1.29, 1.82) is 0 Å². The molecule has 3 rings (SSSR count). The molecule has 158 valence electrons. The van der Waals surface area contributed by atoms with E-state index in [9.17, 15) is 31.9 Å². The Morgan fingerprint density at radius 2 is 1.90 bits per heavy atom. The quantitative estimate of drug-likeness (QED) is 0.600. The van der Waals surface area contributed by atoms with Gasteiger partial charge in [-0.1, -0.05) is 12.1 Å². The van der Waals surface area contributed by atoms with Crippen LogP contribution in [0.2, 0.25) is 0 Å². The molecule has 0 spiro atoms. The maximum absolute atomic E-state index is 13.9. The molecule has 0 saturated carbocycles. The summed E-state index contributed by atoms with van der Waals surface area (Å²) in [4.78, 5) is 36.4. The van der Waals surface area contributed by atoms with Gasteiger partial charge in [-0.15, -0.1) is 0 Å². The van der Waals surface area contributed by atoms with Crippen LogP contribution in [0.3, 0.4) is 0 Å². The lowest BCUT2D eigenvalue weighted by molar-refractivity contribution is -0.158. The highest BCUT2D eigenvalue weighted by Crippen LogP contribution is 2.37. The lowest BCUT2D eigenvalue weighted by atomic mass is 10.1. The van der Waals surface area contributed by atoms with Gasteiger partial charge in [0.15, 0.2) is 12.4 Å². The third kappa shape index (κ3) is 4.42. The molecule has 10 heteroatoms. The molecule has 2 aromatic carbocycles. The summed E-state index contributed by atoms with van der Waals surface area (Å²) in [5.41, 5.74) is -0.256. The SMILES string of the molecule is CC(=O)c1ccc(OCC(=O)N2c3ccccc3NC(=O)CC2C(F)(F)F)cc1F. The summed E-state index contributed by atoms with van der Waals surface area (Å²) in [6.45, 7) is 0.333. The van der Waals surface area contributed by atoms with Crippen molar-refractivity contribution in [3.63, 3.8) is 0 Å². The van der Waals surface area contributed by atoms with Crippen molar-refractivity contribution in [2.45, 2.75) is 25.6 Å². The summed E-state index contributed by atoms with van der Waals surface area (Å²) >= 11 is 0. The van der Waals surface area contributed by atoms with Crippen molar-refractivity contribution in [2.75, 3.05) is 16.8 Å². The number of fused-ring (bicyclic) bond motifs is 1. The molecule has 1 aliphatic heterocycles. The molecule has 1 aliphatic rings. The molecular weight excluding hydrogens is 408 g/mol. The summed E-state index contributed by atoms with van der Waals surface area (Å²) in [5.74, 6) is -3.48. The number of ketones is 1. The second-order valence-electron chi connectivity index (χ2n) is 6.58. The van der Waals surface area contributed by atoms with Crippen LogP contribution in [0.1, 0.15) is 23.7 Å². The summed E-state index contributed by atoms with van der Waals surface area (Å²) in [6, 6.07) is 6.45. The Labute approximate surface area is 168 Å². The summed E-state index contributed by atoms with van der Waals surface area (Å²) in [6.07, 6.45) is -5.86. The van der Waals surface area contributed by atoms with Crippen LogP contribution in [0.5, 0.6) is 5.75 Å². The van der Waals surface area contributed by atoms with Gasteiger partial charge in [0.25, 0.3) is 5.91 Å². The van der Waals surface area contributed by atoms with Gasteiger partial charge in [-0.25, -0.2) is 4.39 Å². The van der Waals surface area contributed by atoms with Crippen LogP contribution in [0.4, 0.5) is 28.9 Å². The second-order valence-corrected chi connectivity index (χ2v) is 6.58. The molecule has 0 bridgehead atoms. The predicted octanol–water partition coefficient (Wildman–Crippen LogP) is 3.71. The van der Waals surface area contributed by atoms with Gasteiger partial charge in [-0.05, 0) is 31.2 Å². The predicted molar refractivity (Wildman–Crippen MR) is 98.9 cm³/mol. The number of carbonyl (C=O) groups is 3. The van der Waals surface area contributed by atoms with Gasteiger partial charge in [0, 0.05) is 6.07 Å². The molecule has 0 radical (unpaired) electrons. The van der Waals surface area contributed by atoms with Crippen molar-refractivity contribution in [3.05, 3.63) is 53.8 Å². The molecule has 1 heterocycles. The molecule has 0 fully saturated rings. The van der Waals surface area contributed by atoms with Crippen LogP contribution in [-0.2, 0) is 9.59 Å². The zero-order valence-corrected chi connectivity index (χ0v) is 15.6. The molecular formula is C20H16F4N2O4. The van der Waals surface area contributed by atoms with E-state index in [-0.39, 0.29) is 22.7 Å². The average Bonchev–Trinajstić information content (AvgIpc) is 2.81. The van der Waals surface area contributed by atoms with Crippen molar-refractivity contribution in [1.82, 2.24) is 0 Å². The summed E-state index contributed by atoms with van der Waals surface area (Å²) in [7, 11) is 0. The molecule has 1 N–H and O–H groups in total. The Hall–Kier alpha value is -3.43. The number of Topliss-reactive ketones (excluding diaryl/α,β-unsaturated/α-hetero) is 1. The van der Waals surface area contributed by atoms with Crippen LogP contribution in [-0.4, -0.2) is 36.4 Å². The Balaban J connectivity index is 1.89. The number of benzene rings is 2. The fourth-order valence-corrected chi connectivity index (χ4v) is 3.08. The second kappa shape index (κ2) is 8.13. The van der Waals surface area contributed by atoms with Gasteiger partial charge < -0.3 is 10.1 Å². The largest absolute Gasteiger partial charge is 0.484 e. The highest BCUT2D eigenvalue weighted by Gasteiger charge is 2.49. The number of halogens is 4. The summed E-state index contributed by atoms with van der Waals surface area (Å²) < 4.78 is 60.0. The van der Waals surface area contributed by atoms with E-state index in [1.165, 1.54) is 37.3 Å². The smallest absolute Gasteiger partial charge is 0.409 e. The van der Waals surface area contributed by atoms with E-state index < -0.39 is 48.7 Å². The van der Waals surface area contributed by atoms with E-state index in [4.69, 9.17) is 4.74 Å². The zero-order chi connectivity index (χ0) is 22.1. The normalized spacial score (nSPS) is 16.4. The molecule has 0 aromatic heterocycles. The first-order chi connectivity index (χ1) is 14.1. The van der Waals surface area contributed by atoms with Crippen molar-refractivity contribution < 1.29 is 36.7 Å². The fourth-order valence-electron chi connectivity index (χ4n) is 3.08. The first-order valence-corrected chi connectivity index (χ1v) is 8.79. The van der Waals surface area contributed by atoms with E-state index in [0.29, 0.717) is 4.90 Å². The number of para-hydroxylation sites is 2. The number of amides is 2. The number of alkyl halides is 3. The lowest BCUT2D eigenvalue weighted by Crippen LogP contribution is -2.51. The number of hydrogen-bond acceptors (Lipinski definition) is 4. The molecule has 0 saturated heterocycles. The number of nitrogens with zero attached hydrogens (tertiary/aromatic N) is 1. The van der Waals surface area contributed by atoms with Crippen molar-refractivity contribution in [2.24, 2.45) is 0 Å². The van der Waals surface area contributed by atoms with Crippen LogP contribution >= 0.6 is 0 Å². The zero-order valence-electron chi connectivity index (χ0n) is 15.6. The van der Waals surface area contributed by atoms with Crippen LogP contribution in [0, 0.1) is 5.82 Å². The van der Waals surface area contributed by atoms with E-state index in [0.717, 1.165) is 12.1 Å². The van der Waals surface area contributed by atoms with Crippen molar-refractivity contribution >= 4 is 29.0 Å². The molecule has 1 unspecified atom stereocenters. The first kappa shape index (κ1) is 21.3. The van der Waals surface area contributed by atoms with E-state index in [1.807, 2.05) is 0 Å². The molecule has 1 atom stereocenters. The number of ether oxygens (including phenoxy) is 1. The highest BCUT2D eigenvalue weighted by molar-refractivity contribution is 6.05. The molecule has 30 heavy (non-hydrogen) atoms. The molecule has 2 aromatic rings. The maximum atomic E-state index is 13.9. The third-order valence-electron chi connectivity index (χ3n) is 4.46. The molecule has 6 nitrogen and oxygen atoms in total. The van der Waals surface area contributed by atoms with Gasteiger partial charge in [0.2, 0.25) is 5.91 Å². The topological polar surface area (TPSA) is 75.7 Å². The minimum atomic E-state index is -4.88. The van der Waals surface area contributed by atoms with Gasteiger partial charge in [0.1, 0.15) is 17.6 Å². The van der Waals surface area contributed by atoms with Crippen LogP contribution < -0.4 is 15.0 Å². The Bertz CT molecular complexity index is 1010. The fraction of sp³-hybridized carbons (Fsp3) is 0.250. The van der Waals surface area contributed by atoms with Crippen LogP contribution in [0.15, 0.2) is 42.5 Å². The van der Waals surface area contributed by atoms with E-state index in [1.54, 1.807) is 0 Å². The maximum Gasteiger partial charge on any atom is 0.409 e. The van der Waals surface area contributed by atoms with Gasteiger partial charge in [-0.2, -0.15) is 13.2 Å². The average molecular weight is 424 g/mol. The first-order valence-electron chi connectivity index (χ1n) is 8.79. The highest BCUT2D eigenvalue weighted by atomic mass is 19.4. The van der Waals surface area contributed by atoms with Gasteiger partial charge in [-0.3, -0.25) is 19.3 Å². The number of anilines is 2. The molecule has 0 aliphatic carbocycles. The monoisotopic (exact) mass is 424 g/mol. The standard InChI is InChI=1S/C20H16F4N2O4/c1-11(27)13-7-6-12(8-14(13)21)30-10-19(29)26-16-5-3-2-4-15(16)25-18(28)9-17(26)20(22,23)24/h2-8,17H,9-10H2,1H3,(H,25,28). The van der Waals surface area contributed by atoms with Crippen LogP contribution in [0.25, 0.3) is 0 Å².